The van der Waals surface area contributed by atoms with E-state index < -0.39 is 0 Å². The van der Waals surface area contributed by atoms with Gasteiger partial charge in [-0.3, -0.25) is 9.48 Å². The topological polar surface area (TPSA) is 72.9 Å². The maximum atomic E-state index is 12.3. The molecule has 0 saturated carbocycles. The van der Waals surface area contributed by atoms with Crippen LogP contribution in [0.3, 0.4) is 0 Å². The lowest BCUT2D eigenvalue weighted by Crippen LogP contribution is -2.24. The number of hydrogen-bond acceptors (Lipinski definition) is 3. The molecule has 1 amide bonds. The zero-order valence-electron chi connectivity index (χ0n) is 12.2. The van der Waals surface area contributed by atoms with Gasteiger partial charge in [0.2, 0.25) is 0 Å². The van der Waals surface area contributed by atoms with Crippen LogP contribution in [0.1, 0.15) is 27.2 Å². The van der Waals surface area contributed by atoms with Crippen LogP contribution < -0.4 is 11.1 Å². The molecule has 108 valence electrons. The number of hydrogen-bond donors (Lipinski definition) is 2. The van der Waals surface area contributed by atoms with E-state index in [4.69, 9.17) is 5.73 Å². The van der Waals surface area contributed by atoms with Crippen molar-refractivity contribution in [2.75, 3.05) is 6.54 Å². The molecule has 0 fully saturated rings. The molecule has 1 aromatic heterocycles. The number of nitrogens with two attached hydrogens (primary N) is 1. The number of rotatable bonds is 3. The zero-order valence-corrected chi connectivity index (χ0v) is 12.2. The van der Waals surface area contributed by atoms with Crippen LogP contribution in [0.15, 0.2) is 30.5 Å². The van der Waals surface area contributed by atoms with E-state index in [9.17, 15) is 4.79 Å². The Kier molecular flexibility index (Phi) is 4.75. The highest BCUT2D eigenvalue weighted by Crippen LogP contribution is 2.11. The Labute approximate surface area is 124 Å². The molecule has 0 aliphatic carbocycles. The Morgan fingerprint density at radius 3 is 2.90 bits per heavy atom. The molecule has 2 rings (SSSR count). The van der Waals surface area contributed by atoms with Gasteiger partial charge in [-0.15, -0.1) is 0 Å². The predicted octanol–water partition coefficient (Wildman–Crippen LogP) is 0.969. The average molecular weight is 282 g/mol. The molecule has 0 aliphatic heterocycles. The van der Waals surface area contributed by atoms with Gasteiger partial charge in [0.25, 0.3) is 5.91 Å². The smallest absolute Gasteiger partial charge is 0.251 e. The third-order valence-corrected chi connectivity index (χ3v) is 3.02. The number of nitrogens with zero attached hydrogens (tertiary/aromatic N) is 2. The van der Waals surface area contributed by atoms with Crippen LogP contribution in [0.5, 0.6) is 0 Å². The van der Waals surface area contributed by atoms with Crippen LogP contribution in [0.2, 0.25) is 0 Å². The van der Waals surface area contributed by atoms with Crippen LogP contribution in [0.25, 0.3) is 0 Å². The Hall–Kier alpha value is -2.58. The molecule has 0 radical (unpaired) electrons. The second-order valence-electron chi connectivity index (χ2n) is 4.70. The van der Waals surface area contributed by atoms with Gasteiger partial charge in [-0.25, -0.2) is 0 Å². The molecule has 0 unspecified atom stereocenters. The third kappa shape index (κ3) is 3.94. The summed E-state index contributed by atoms with van der Waals surface area (Å²) in [4.78, 5) is 12.3. The molecule has 0 aliphatic rings. The molecular formula is C16H18N4O. The lowest BCUT2D eigenvalue weighted by atomic mass is 10.0. The van der Waals surface area contributed by atoms with Gasteiger partial charge < -0.3 is 11.1 Å². The van der Waals surface area contributed by atoms with E-state index in [0.29, 0.717) is 18.7 Å². The fraction of sp³-hybridized carbons (Fsp3) is 0.250. The zero-order chi connectivity index (χ0) is 15.2. The molecule has 0 atom stereocenters. The SMILES string of the molecule is Cc1ccc(C#CCN)cc1C(=O)NCc1ccn(C)n1. The molecule has 5 nitrogen and oxygen atoms in total. The number of aryl methyl sites for hydroxylation is 2. The van der Waals surface area contributed by atoms with Gasteiger partial charge in [0.1, 0.15) is 0 Å². The first-order valence-corrected chi connectivity index (χ1v) is 6.66. The number of benzene rings is 1. The average Bonchev–Trinajstić information content (AvgIpc) is 2.89. The second kappa shape index (κ2) is 6.73. The van der Waals surface area contributed by atoms with Gasteiger partial charge in [-0.1, -0.05) is 17.9 Å². The molecule has 2 aromatic rings. The van der Waals surface area contributed by atoms with E-state index in [1.807, 2.05) is 38.4 Å². The summed E-state index contributed by atoms with van der Waals surface area (Å²) in [6, 6.07) is 7.42. The highest BCUT2D eigenvalue weighted by molar-refractivity contribution is 5.95. The summed E-state index contributed by atoms with van der Waals surface area (Å²) in [5, 5.41) is 7.09. The van der Waals surface area contributed by atoms with E-state index >= 15 is 0 Å². The fourth-order valence-corrected chi connectivity index (χ4v) is 1.92. The monoisotopic (exact) mass is 282 g/mol. The number of amides is 1. The maximum Gasteiger partial charge on any atom is 0.251 e. The van der Waals surface area contributed by atoms with Crippen molar-refractivity contribution < 1.29 is 4.79 Å². The highest BCUT2D eigenvalue weighted by Gasteiger charge is 2.10. The van der Waals surface area contributed by atoms with Crippen LogP contribution in [0, 0.1) is 18.8 Å². The third-order valence-electron chi connectivity index (χ3n) is 3.02. The minimum Gasteiger partial charge on any atom is -0.346 e. The molecule has 1 heterocycles. The van der Waals surface area contributed by atoms with Crippen molar-refractivity contribution in [3.8, 4) is 11.8 Å². The van der Waals surface area contributed by atoms with Crippen LogP contribution in [0.4, 0.5) is 0 Å². The summed E-state index contributed by atoms with van der Waals surface area (Å²) in [7, 11) is 1.84. The van der Waals surface area contributed by atoms with Crippen molar-refractivity contribution in [3.05, 3.63) is 52.8 Å². The highest BCUT2D eigenvalue weighted by atomic mass is 16.1. The minimum absolute atomic E-state index is 0.130. The van der Waals surface area contributed by atoms with Gasteiger partial charge in [-0.05, 0) is 30.7 Å². The van der Waals surface area contributed by atoms with Gasteiger partial charge in [0.05, 0.1) is 18.8 Å². The molecule has 3 N–H and O–H groups in total. The Morgan fingerprint density at radius 2 is 2.24 bits per heavy atom. The lowest BCUT2D eigenvalue weighted by molar-refractivity contribution is 0.0949. The van der Waals surface area contributed by atoms with E-state index in [2.05, 4.69) is 22.3 Å². The Morgan fingerprint density at radius 1 is 1.43 bits per heavy atom. The summed E-state index contributed by atoms with van der Waals surface area (Å²) in [6.07, 6.45) is 1.84. The summed E-state index contributed by atoms with van der Waals surface area (Å²) in [6.45, 7) is 2.60. The quantitative estimate of drug-likeness (QED) is 0.824. The summed E-state index contributed by atoms with van der Waals surface area (Å²) < 4.78 is 1.70. The van der Waals surface area contributed by atoms with Crippen molar-refractivity contribution in [1.29, 1.82) is 0 Å². The first kappa shape index (κ1) is 14.8. The first-order chi connectivity index (χ1) is 10.1. The predicted molar refractivity (Wildman–Crippen MR) is 81.5 cm³/mol. The number of nitrogens with one attached hydrogen (secondary N) is 1. The summed E-state index contributed by atoms with van der Waals surface area (Å²) in [5.41, 5.74) is 8.49. The van der Waals surface area contributed by atoms with Crippen LogP contribution >= 0.6 is 0 Å². The summed E-state index contributed by atoms with van der Waals surface area (Å²) >= 11 is 0. The first-order valence-electron chi connectivity index (χ1n) is 6.66. The van der Waals surface area contributed by atoms with Gasteiger partial charge >= 0.3 is 0 Å². The number of aromatic nitrogens is 2. The molecule has 21 heavy (non-hydrogen) atoms. The van der Waals surface area contributed by atoms with Gasteiger partial charge in [-0.2, -0.15) is 5.10 Å². The second-order valence-corrected chi connectivity index (χ2v) is 4.70. The molecule has 0 spiro atoms. The number of carbonyl (C=O) groups is 1. The van der Waals surface area contributed by atoms with Crippen LogP contribution in [-0.2, 0) is 13.6 Å². The van der Waals surface area contributed by atoms with E-state index in [1.54, 1.807) is 10.7 Å². The number of carbonyl (C=O) groups excluding carboxylic acids is 1. The fourth-order valence-electron chi connectivity index (χ4n) is 1.92. The normalized spacial score (nSPS) is 9.86. The molecule has 0 bridgehead atoms. The van der Waals surface area contributed by atoms with E-state index in [1.165, 1.54) is 0 Å². The van der Waals surface area contributed by atoms with E-state index in [0.717, 1.165) is 16.8 Å². The molecule has 0 saturated heterocycles. The Balaban J connectivity index is 2.10. The molecule has 1 aromatic carbocycles. The Bertz CT molecular complexity index is 707. The largest absolute Gasteiger partial charge is 0.346 e. The van der Waals surface area contributed by atoms with Crippen molar-refractivity contribution in [1.82, 2.24) is 15.1 Å². The lowest BCUT2D eigenvalue weighted by Gasteiger charge is -2.07. The maximum absolute atomic E-state index is 12.3. The summed E-state index contributed by atoms with van der Waals surface area (Å²) in [5.74, 6) is 5.59. The van der Waals surface area contributed by atoms with Crippen molar-refractivity contribution >= 4 is 5.91 Å². The standard InChI is InChI=1S/C16H18N4O/c1-12-5-6-13(4-3-8-17)10-15(12)16(21)18-11-14-7-9-20(2)19-14/h5-7,9-10H,8,11,17H2,1-2H3,(H,18,21). The van der Waals surface area contributed by atoms with Gasteiger partial charge in [0, 0.05) is 24.4 Å². The van der Waals surface area contributed by atoms with E-state index in [-0.39, 0.29) is 5.91 Å². The minimum atomic E-state index is -0.130. The van der Waals surface area contributed by atoms with Crippen molar-refractivity contribution in [2.24, 2.45) is 12.8 Å². The van der Waals surface area contributed by atoms with Gasteiger partial charge in [0.15, 0.2) is 0 Å². The van der Waals surface area contributed by atoms with Crippen LogP contribution in [-0.4, -0.2) is 22.2 Å². The van der Waals surface area contributed by atoms with Crippen molar-refractivity contribution in [3.63, 3.8) is 0 Å². The molecular weight excluding hydrogens is 264 g/mol. The molecule has 5 heteroatoms. The van der Waals surface area contributed by atoms with Crippen molar-refractivity contribution in [2.45, 2.75) is 13.5 Å².